The number of imide groups is 1. The highest BCUT2D eigenvalue weighted by molar-refractivity contribution is 6.01. The molecule has 2 amide bonds. The zero-order chi connectivity index (χ0) is 13.4. The summed E-state index contributed by atoms with van der Waals surface area (Å²) < 4.78 is 10.7. The summed E-state index contributed by atoms with van der Waals surface area (Å²) in [6.07, 6.45) is 1.55. The molecular formula is C12H15NO6. The molecule has 0 N–H and O–H groups in total. The van der Waals surface area contributed by atoms with E-state index < -0.39 is 18.0 Å². The van der Waals surface area contributed by atoms with Crippen molar-refractivity contribution in [3.05, 3.63) is 0 Å². The van der Waals surface area contributed by atoms with Crippen molar-refractivity contribution in [1.82, 2.24) is 5.06 Å². The van der Waals surface area contributed by atoms with Crippen molar-refractivity contribution in [2.24, 2.45) is 5.92 Å². The fraction of sp³-hybridized carbons (Fsp3) is 0.750. The smallest absolute Gasteiger partial charge is 0.429 e. The second-order valence-electron chi connectivity index (χ2n) is 5.02. The van der Waals surface area contributed by atoms with Crippen LogP contribution in [0.15, 0.2) is 0 Å². The van der Waals surface area contributed by atoms with E-state index in [1.165, 1.54) is 0 Å². The first-order valence-electron chi connectivity index (χ1n) is 6.51. The number of hydroxylamine groups is 2. The van der Waals surface area contributed by atoms with Crippen molar-refractivity contribution in [1.29, 1.82) is 0 Å². The fourth-order valence-electron chi connectivity index (χ4n) is 2.95. The van der Waals surface area contributed by atoms with E-state index in [1.54, 1.807) is 0 Å². The van der Waals surface area contributed by atoms with E-state index in [1.807, 2.05) is 0 Å². The van der Waals surface area contributed by atoms with Crippen LogP contribution in [0.5, 0.6) is 0 Å². The van der Waals surface area contributed by atoms with E-state index in [9.17, 15) is 14.4 Å². The lowest BCUT2D eigenvalue weighted by atomic mass is 10.0. The van der Waals surface area contributed by atoms with Crippen molar-refractivity contribution in [2.75, 3.05) is 6.61 Å². The van der Waals surface area contributed by atoms with Gasteiger partial charge >= 0.3 is 6.16 Å². The standard InChI is InChI=1S/C12H15NO6/c14-10-3-4-11(15)13(10)19-12(16)18-9-2-1-8-7(9)5-6-17-8/h7-9H,1-6H2/t7-,8-,9+/m1/s1. The van der Waals surface area contributed by atoms with Gasteiger partial charge in [0, 0.05) is 25.4 Å². The molecule has 3 rings (SSSR count). The third-order valence-electron chi connectivity index (χ3n) is 3.89. The number of amides is 2. The largest absolute Gasteiger partial charge is 0.534 e. The Morgan fingerprint density at radius 1 is 1.16 bits per heavy atom. The lowest BCUT2D eigenvalue weighted by molar-refractivity contribution is -0.179. The maximum absolute atomic E-state index is 11.6. The molecule has 0 radical (unpaired) electrons. The fourth-order valence-corrected chi connectivity index (χ4v) is 2.95. The van der Waals surface area contributed by atoms with E-state index in [0.29, 0.717) is 11.7 Å². The van der Waals surface area contributed by atoms with Gasteiger partial charge in [-0.15, -0.1) is 0 Å². The molecule has 3 aliphatic rings. The zero-order valence-corrected chi connectivity index (χ0v) is 10.4. The molecule has 0 aromatic carbocycles. The molecule has 1 saturated carbocycles. The Morgan fingerprint density at radius 2 is 1.89 bits per heavy atom. The average Bonchev–Trinajstić information content (AvgIpc) is 3.03. The first-order chi connectivity index (χ1) is 9.15. The van der Waals surface area contributed by atoms with Crippen molar-refractivity contribution in [3.63, 3.8) is 0 Å². The van der Waals surface area contributed by atoms with Gasteiger partial charge in [0.1, 0.15) is 6.10 Å². The molecule has 104 valence electrons. The van der Waals surface area contributed by atoms with Gasteiger partial charge in [-0.1, -0.05) is 5.06 Å². The second-order valence-corrected chi connectivity index (χ2v) is 5.02. The van der Waals surface area contributed by atoms with Crippen molar-refractivity contribution in [3.8, 4) is 0 Å². The third-order valence-corrected chi connectivity index (χ3v) is 3.89. The Balaban J connectivity index is 1.54. The number of ether oxygens (including phenoxy) is 2. The maximum Gasteiger partial charge on any atom is 0.534 e. The quantitative estimate of drug-likeness (QED) is 0.544. The Morgan fingerprint density at radius 3 is 2.63 bits per heavy atom. The second kappa shape index (κ2) is 4.80. The summed E-state index contributed by atoms with van der Waals surface area (Å²) in [7, 11) is 0. The Labute approximate surface area is 109 Å². The first kappa shape index (κ1) is 12.4. The lowest BCUT2D eigenvalue weighted by Gasteiger charge is -2.19. The summed E-state index contributed by atoms with van der Waals surface area (Å²) in [5.74, 6) is -0.802. The number of rotatable bonds is 2. The van der Waals surface area contributed by atoms with Gasteiger partial charge in [-0.2, -0.15) is 0 Å². The Hall–Kier alpha value is -1.63. The number of fused-ring (bicyclic) bond motifs is 1. The summed E-state index contributed by atoms with van der Waals surface area (Å²) >= 11 is 0. The van der Waals surface area contributed by atoms with Gasteiger partial charge in [-0.3, -0.25) is 14.4 Å². The van der Waals surface area contributed by atoms with Crippen LogP contribution < -0.4 is 0 Å². The van der Waals surface area contributed by atoms with Crippen LogP contribution in [0.2, 0.25) is 0 Å². The van der Waals surface area contributed by atoms with Crippen LogP contribution >= 0.6 is 0 Å². The molecular weight excluding hydrogens is 254 g/mol. The summed E-state index contributed by atoms with van der Waals surface area (Å²) in [5, 5.41) is 0.500. The van der Waals surface area contributed by atoms with E-state index in [0.717, 1.165) is 19.3 Å². The maximum atomic E-state index is 11.6. The molecule has 2 saturated heterocycles. The van der Waals surface area contributed by atoms with Gasteiger partial charge in [0.2, 0.25) is 0 Å². The monoisotopic (exact) mass is 269 g/mol. The van der Waals surface area contributed by atoms with Crippen LogP contribution in [0.3, 0.4) is 0 Å². The number of nitrogens with zero attached hydrogens (tertiary/aromatic N) is 1. The number of hydrogen-bond donors (Lipinski definition) is 0. The summed E-state index contributed by atoms with van der Waals surface area (Å²) in [4.78, 5) is 38.9. The number of carbonyl (C=O) groups excluding carboxylic acids is 3. The SMILES string of the molecule is O=C(O[C@H]1CC[C@H]2OCC[C@@H]12)ON1C(=O)CCC1=O. The van der Waals surface area contributed by atoms with Crippen LogP contribution in [0.4, 0.5) is 4.79 Å². The minimum Gasteiger partial charge on any atom is -0.429 e. The van der Waals surface area contributed by atoms with E-state index in [-0.39, 0.29) is 31.0 Å². The van der Waals surface area contributed by atoms with Crippen molar-refractivity contribution >= 4 is 18.0 Å². The summed E-state index contributed by atoms with van der Waals surface area (Å²) in [6, 6.07) is 0. The molecule has 2 aliphatic heterocycles. The van der Waals surface area contributed by atoms with Crippen LogP contribution in [0, 0.1) is 5.92 Å². The normalized spacial score (nSPS) is 33.7. The van der Waals surface area contributed by atoms with Crippen LogP contribution in [-0.2, 0) is 23.9 Å². The molecule has 0 aromatic rings. The van der Waals surface area contributed by atoms with Crippen LogP contribution in [0.25, 0.3) is 0 Å². The Kier molecular flexibility index (Phi) is 3.14. The molecule has 0 spiro atoms. The molecule has 3 atom stereocenters. The molecule has 2 heterocycles. The van der Waals surface area contributed by atoms with Crippen LogP contribution in [-0.4, -0.2) is 41.8 Å². The van der Waals surface area contributed by atoms with Crippen LogP contribution in [0.1, 0.15) is 32.1 Å². The molecule has 3 fully saturated rings. The minimum absolute atomic E-state index is 0.0775. The minimum atomic E-state index is -0.985. The molecule has 7 nitrogen and oxygen atoms in total. The molecule has 19 heavy (non-hydrogen) atoms. The predicted octanol–water partition coefficient (Wildman–Crippen LogP) is 0.771. The topological polar surface area (TPSA) is 82.1 Å². The van der Waals surface area contributed by atoms with Gasteiger partial charge in [0.15, 0.2) is 0 Å². The molecule has 0 bridgehead atoms. The number of carbonyl (C=O) groups is 3. The van der Waals surface area contributed by atoms with Gasteiger partial charge in [0.25, 0.3) is 11.8 Å². The first-order valence-corrected chi connectivity index (χ1v) is 6.51. The van der Waals surface area contributed by atoms with Gasteiger partial charge in [0.05, 0.1) is 6.10 Å². The Bertz CT molecular complexity index is 406. The highest BCUT2D eigenvalue weighted by Gasteiger charge is 2.43. The molecule has 1 aliphatic carbocycles. The highest BCUT2D eigenvalue weighted by atomic mass is 16.8. The molecule has 0 aromatic heterocycles. The van der Waals surface area contributed by atoms with Gasteiger partial charge in [-0.25, -0.2) is 4.79 Å². The van der Waals surface area contributed by atoms with E-state index in [4.69, 9.17) is 9.47 Å². The van der Waals surface area contributed by atoms with Gasteiger partial charge < -0.3 is 9.47 Å². The predicted molar refractivity (Wildman–Crippen MR) is 59.5 cm³/mol. The summed E-state index contributed by atoms with van der Waals surface area (Å²) in [6.45, 7) is 0.688. The summed E-state index contributed by atoms with van der Waals surface area (Å²) in [5.41, 5.74) is 0. The van der Waals surface area contributed by atoms with E-state index in [2.05, 4.69) is 4.84 Å². The zero-order valence-electron chi connectivity index (χ0n) is 10.4. The molecule has 0 unspecified atom stereocenters. The van der Waals surface area contributed by atoms with Crippen molar-refractivity contribution in [2.45, 2.75) is 44.3 Å². The lowest BCUT2D eigenvalue weighted by Crippen LogP contribution is -2.34. The van der Waals surface area contributed by atoms with Crippen molar-refractivity contribution < 1.29 is 28.7 Å². The average molecular weight is 269 g/mol. The van der Waals surface area contributed by atoms with Gasteiger partial charge in [-0.05, 0) is 19.3 Å². The molecule has 7 heteroatoms. The third kappa shape index (κ3) is 2.30. The highest BCUT2D eigenvalue weighted by Crippen LogP contribution is 2.38. The van der Waals surface area contributed by atoms with E-state index >= 15 is 0 Å². The number of hydrogen-bond acceptors (Lipinski definition) is 6.